The third kappa shape index (κ3) is 4.03. The molecule has 1 heterocycles. The van der Waals surface area contributed by atoms with Crippen molar-refractivity contribution in [2.75, 3.05) is 6.61 Å². The van der Waals surface area contributed by atoms with E-state index in [1.165, 1.54) is 16.6 Å². The Morgan fingerprint density at radius 2 is 2.00 bits per heavy atom. The van der Waals surface area contributed by atoms with Gasteiger partial charge in [0, 0.05) is 29.3 Å². The van der Waals surface area contributed by atoms with Crippen molar-refractivity contribution < 1.29 is 5.11 Å². The van der Waals surface area contributed by atoms with Gasteiger partial charge in [0.05, 0.1) is 17.1 Å². The van der Waals surface area contributed by atoms with Gasteiger partial charge in [-0.3, -0.25) is 0 Å². The largest absolute Gasteiger partial charge is 0.396 e. The second-order valence-electron chi connectivity index (χ2n) is 7.19. The van der Waals surface area contributed by atoms with Gasteiger partial charge in [-0.15, -0.1) is 0 Å². The summed E-state index contributed by atoms with van der Waals surface area (Å²) in [5.41, 5.74) is 5.35. The zero-order valence-corrected chi connectivity index (χ0v) is 16.6. The number of rotatable bonds is 7. The highest BCUT2D eigenvalue weighted by molar-refractivity contribution is 6.31. The first-order valence-electron chi connectivity index (χ1n) is 9.47. The lowest BCUT2D eigenvalue weighted by Gasteiger charge is -2.14. The predicted octanol–water partition coefficient (Wildman–Crippen LogP) is 5.34. The molecule has 0 aliphatic heterocycles. The molecule has 27 heavy (non-hydrogen) atoms. The lowest BCUT2D eigenvalue weighted by atomic mass is 9.97. The van der Waals surface area contributed by atoms with Gasteiger partial charge >= 0.3 is 0 Å². The van der Waals surface area contributed by atoms with Crippen LogP contribution in [0.3, 0.4) is 0 Å². The number of nitriles is 1. The van der Waals surface area contributed by atoms with Crippen LogP contribution in [0.5, 0.6) is 0 Å². The minimum Gasteiger partial charge on any atom is -0.396 e. The predicted molar refractivity (Wildman–Crippen MR) is 111 cm³/mol. The van der Waals surface area contributed by atoms with Crippen LogP contribution in [-0.2, 0) is 19.4 Å². The number of benzene rings is 2. The number of aromatic nitrogens is 1. The molecule has 1 aromatic heterocycles. The standard InChI is InChI=1S/C23H25ClN2O/c1-3-6-22-20(11-16(2)15-27)19-10-9-17(13-25)12-23(19)26(22)14-18-7-4-5-8-21(18)24/h4-5,7-10,12,16,27H,3,6,11,14-15H2,1-2H3. The van der Waals surface area contributed by atoms with Gasteiger partial charge in [0.1, 0.15) is 0 Å². The second kappa shape index (κ2) is 8.61. The summed E-state index contributed by atoms with van der Waals surface area (Å²) in [6.07, 6.45) is 2.81. The fourth-order valence-corrected chi connectivity index (χ4v) is 3.88. The molecule has 2 aromatic carbocycles. The van der Waals surface area contributed by atoms with E-state index in [2.05, 4.69) is 30.6 Å². The van der Waals surface area contributed by atoms with Gasteiger partial charge in [0.2, 0.25) is 0 Å². The molecule has 0 radical (unpaired) electrons. The van der Waals surface area contributed by atoms with Crippen LogP contribution in [0.25, 0.3) is 10.9 Å². The molecule has 1 unspecified atom stereocenters. The summed E-state index contributed by atoms with van der Waals surface area (Å²) in [6.45, 7) is 5.08. The Labute approximate surface area is 165 Å². The topological polar surface area (TPSA) is 48.9 Å². The molecule has 0 amide bonds. The fraction of sp³-hybridized carbons (Fsp3) is 0.348. The van der Waals surface area contributed by atoms with Gasteiger partial charge < -0.3 is 9.67 Å². The molecular weight excluding hydrogens is 356 g/mol. The lowest BCUT2D eigenvalue weighted by Crippen LogP contribution is -2.09. The normalized spacial score (nSPS) is 12.3. The van der Waals surface area contributed by atoms with Crippen molar-refractivity contribution in [2.45, 2.75) is 39.7 Å². The third-order valence-corrected chi connectivity index (χ3v) is 5.42. The highest BCUT2D eigenvalue weighted by atomic mass is 35.5. The Bertz CT molecular complexity index is 984. The van der Waals surface area contributed by atoms with E-state index < -0.39 is 0 Å². The maximum atomic E-state index is 9.58. The van der Waals surface area contributed by atoms with Crippen molar-refractivity contribution in [3.05, 3.63) is 69.9 Å². The maximum absolute atomic E-state index is 9.58. The van der Waals surface area contributed by atoms with Crippen molar-refractivity contribution in [1.82, 2.24) is 4.57 Å². The summed E-state index contributed by atoms with van der Waals surface area (Å²) >= 11 is 6.43. The molecule has 0 fully saturated rings. The number of hydrogen-bond acceptors (Lipinski definition) is 2. The zero-order chi connectivity index (χ0) is 19.4. The van der Waals surface area contributed by atoms with Crippen molar-refractivity contribution >= 4 is 22.5 Å². The first-order chi connectivity index (χ1) is 13.1. The first-order valence-corrected chi connectivity index (χ1v) is 9.85. The summed E-state index contributed by atoms with van der Waals surface area (Å²) in [5.74, 6) is 0.190. The van der Waals surface area contributed by atoms with Crippen molar-refractivity contribution in [3.63, 3.8) is 0 Å². The molecule has 140 valence electrons. The zero-order valence-electron chi connectivity index (χ0n) is 15.9. The highest BCUT2D eigenvalue weighted by Crippen LogP contribution is 2.32. The third-order valence-electron chi connectivity index (χ3n) is 5.05. The summed E-state index contributed by atoms with van der Waals surface area (Å²) in [6, 6.07) is 16.1. The lowest BCUT2D eigenvalue weighted by molar-refractivity contribution is 0.237. The van der Waals surface area contributed by atoms with Gasteiger partial charge in [0.15, 0.2) is 0 Å². The molecule has 1 atom stereocenters. The SMILES string of the molecule is CCCc1c(CC(C)CO)c2ccc(C#N)cc2n1Cc1ccccc1Cl. The van der Waals surface area contributed by atoms with Crippen LogP contribution in [0.15, 0.2) is 42.5 Å². The summed E-state index contributed by atoms with van der Waals surface area (Å²) < 4.78 is 2.31. The van der Waals surface area contributed by atoms with Crippen LogP contribution in [0.1, 0.15) is 42.7 Å². The molecule has 0 aliphatic rings. The Hall–Kier alpha value is -2.28. The Morgan fingerprint density at radius 3 is 2.67 bits per heavy atom. The van der Waals surface area contributed by atoms with E-state index >= 15 is 0 Å². The number of halogens is 1. The number of hydrogen-bond donors (Lipinski definition) is 1. The van der Waals surface area contributed by atoms with E-state index in [9.17, 15) is 10.4 Å². The van der Waals surface area contributed by atoms with Crippen molar-refractivity contribution in [2.24, 2.45) is 5.92 Å². The number of aliphatic hydroxyl groups is 1. The van der Waals surface area contributed by atoms with Crippen LogP contribution >= 0.6 is 11.6 Å². The molecule has 0 spiro atoms. The van der Waals surface area contributed by atoms with Gasteiger partial charge in [-0.1, -0.05) is 56.1 Å². The maximum Gasteiger partial charge on any atom is 0.0992 e. The van der Waals surface area contributed by atoms with Crippen molar-refractivity contribution in [1.29, 1.82) is 5.26 Å². The van der Waals surface area contributed by atoms with Gasteiger partial charge in [-0.2, -0.15) is 5.26 Å². The Balaban J connectivity index is 2.23. The fourth-order valence-electron chi connectivity index (χ4n) is 3.68. The molecule has 0 saturated carbocycles. The van der Waals surface area contributed by atoms with Gasteiger partial charge in [-0.05, 0) is 48.1 Å². The molecular formula is C23H25ClN2O. The molecule has 3 rings (SSSR count). The van der Waals surface area contributed by atoms with E-state index in [0.717, 1.165) is 35.4 Å². The summed E-state index contributed by atoms with van der Waals surface area (Å²) in [7, 11) is 0. The quantitative estimate of drug-likeness (QED) is 0.601. The van der Waals surface area contributed by atoms with E-state index in [1.807, 2.05) is 36.4 Å². The smallest absolute Gasteiger partial charge is 0.0992 e. The molecule has 0 bridgehead atoms. The molecule has 3 aromatic rings. The first kappa shape index (κ1) is 19.5. The van der Waals surface area contributed by atoms with Gasteiger partial charge in [0.25, 0.3) is 0 Å². The summed E-state index contributed by atoms with van der Waals surface area (Å²) in [4.78, 5) is 0. The van der Waals surface area contributed by atoms with Crippen LogP contribution < -0.4 is 0 Å². The number of nitrogens with zero attached hydrogens (tertiary/aromatic N) is 2. The number of aliphatic hydroxyl groups excluding tert-OH is 1. The van der Waals surface area contributed by atoms with E-state index in [1.54, 1.807) is 0 Å². The monoisotopic (exact) mass is 380 g/mol. The molecule has 3 nitrogen and oxygen atoms in total. The van der Waals surface area contributed by atoms with Crippen molar-refractivity contribution in [3.8, 4) is 6.07 Å². The summed E-state index contributed by atoms with van der Waals surface area (Å²) in [5, 5.41) is 20.9. The van der Waals surface area contributed by atoms with Crippen LogP contribution in [0.4, 0.5) is 0 Å². The van der Waals surface area contributed by atoms with Gasteiger partial charge in [-0.25, -0.2) is 0 Å². The molecule has 0 saturated heterocycles. The highest BCUT2D eigenvalue weighted by Gasteiger charge is 2.19. The van der Waals surface area contributed by atoms with Crippen LogP contribution in [0.2, 0.25) is 5.02 Å². The minimum absolute atomic E-state index is 0.166. The second-order valence-corrected chi connectivity index (χ2v) is 7.60. The average molecular weight is 381 g/mol. The van der Waals surface area contributed by atoms with E-state index in [-0.39, 0.29) is 12.5 Å². The average Bonchev–Trinajstić information content (AvgIpc) is 2.96. The minimum atomic E-state index is 0.166. The van der Waals surface area contributed by atoms with Crippen LogP contribution in [-0.4, -0.2) is 16.3 Å². The number of fused-ring (bicyclic) bond motifs is 1. The van der Waals surface area contributed by atoms with E-state index in [4.69, 9.17) is 11.6 Å². The van der Waals surface area contributed by atoms with E-state index in [0.29, 0.717) is 12.1 Å². The molecule has 4 heteroatoms. The molecule has 0 aliphatic carbocycles. The molecule has 1 N–H and O–H groups in total. The van der Waals surface area contributed by atoms with Crippen LogP contribution in [0, 0.1) is 17.2 Å². The Kier molecular flexibility index (Phi) is 6.21. The Morgan fingerprint density at radius 1 is 1.22 bits per heavy atom.